The van der Waals surface area contributed by atoms with E-state index in [1.165, 1.54) is 77.9 Å². The second kappa shape index (κ2) is 15.9. The summed E-state index contributed by atoms with van der Waals surface area (Å²) in [5, 5.41) is 0. The molecule has 58 heavy (non-hydrogen) atoms. The van der Waals surface area contributed by atoms with E-state index in [0.29, 0.717) is 7.25 Å². The quantitative estimate of drug-likeness (QED) is 0.127. The monoisotopic (exact) mass is 835 g/mol. The molecule has 2 aliphatic carbocycles. The summed E-state index contributed by atoms with van der Waals surface area (Å²) in [6.45, 7) is 5.39. The van der Waals surface area contributed by atoms with E-state index in [2.05, 4.69) is 232 Å². The second-order valence-electron chi connectivity index (χ2n) is 15.9. The number of benzene rings is 8. The first-order valence-electron chi connectivity index (χ1n) is 20.6. The molecule has 0 radical (unpaired) electrons. The SMILES string of the molecule is C[SiH](C)[Zr]([CH]1C(c2ccccc2)=Cc2c(-c3ccccc3)ccc(-c3ccccc3)c21)[CH]1C(c2ccccc2)=Cc2c(-c3ccccc3)ccc(-c3ccccc3)c21. The second-order valence-corrected chi connectivity index (χ2v) is 36.0. The van der Waals surface area contributed by atoms with Crippen LogP contribution in [0.2, 0.25) is 13.1 Å². The summed E-state index contributed by atoms with van der Waals surface area (Å²) in [6.07, 6.45) is 5.25. The van der Waals surface area contributed by atoms with Gasteiger partial charge in [-0.15, -0.1) is 0 Å². The Bertz CT molecular complexity index is 2580. The molecule has 0 saturated carbocycles. The Kier molecular flexibility index (Phi) is 10.1. The summed E-state index contributed by atoms with van der Waals surface area (Å²) in [6, 6.07) is 77.1. The third-order valence-corrected chi connectivity index (χ3v) is 33.6. The average Bonchev–Trinajstić information content (AvgIpc) is 3.88. The van der Waals surface area contributed by atoms with Crippen LogP contribution in [0.4, 0.5) is 0 Å². The summed E-state index contributed by atoms with van der Waals surface area (Å²) in [5.74, 6) is -1.33. The molecule has 0 N–H and O–H groups in total. The molecule has 0 bridgehead atoms. The summed E-state index contributed by atoms with van der Waals surface area (Å²) in [4.78, 5) is 0. The topological polar surface area (TPSA) is 0 Å². The van der Waals surface area contributed by atoms with Crippen molar-refractivity contribution in [3.63, 3.8) is 0 Å². The summed E-state index contributed by atoms with van der Waals surface area (Å²) < 4.78 is 0.717. The van der Waals surface area contributed by atoms with Crippen molar-refractivity contribution in [2.24, 2.45) is 0 Å². The summed E-state index contributed by atoms with van der Waals surface area (Å²) in [5.41, 5.74) is 22.3. The van der Waals surface area contributed by atoms with Crippen LogP contribution in [-0.4, -0.2) is 5.92 Å². The number of hydrogen-bond donors (Lipinski definition) is 0. The van der Waals surface area contributed by atoms with Gasteiger partial charge in [0.1, 0.15) is 0 Å². The number of rotatable bonds is 9. The van der Waals surface area contributed by atoms with Crippen LogP contribution in [0.25, 0.3) is 67.8 Å². The maximum absolute atomic E-state index is 2.79. The minimum atomic E-state index is -2.79. The number of allylic oxidation sites excluding steroid dienone is 2. The van der Waals surface area contributed by atoms with Crippen LogP contribution in [0.5, 0.6) is 0 Å². The van der Waals surface area contributed by atoms with Crippen LogP contribution >= 0.6 is 0 Å². The van der Waals surface area contributed by atoms with Gasteiger partial charge in [-0.3, -0.25) is 0 Å². The van der Waals surface area contributed by atoms with Gasteiger partial charge in [-0.25, -0.2) is 0 Å². The molecule has 0 aliphatic heterocycles. The van der Waals surface area contributed by atoms with Crippen molar-refractivity contribution in [1.29, 1.82) is 0 Å². The van der Waals surface area contributed by atoms with Gasteiger partial charge in [0, 0.05) is 0 Å². The van der Waals surface area contributed by atoms with E-state index in [1.54, 1.807) is 11.1 Å². The molecular formula is C56H45SiZr. The van der Waals surface area contributed by atoms with Crippen LogP contribution in [0.1, 0.15) is 40.6 Å². The van der Waals surface area contributed by atoms with Crippen molar-refractivity contribution in [2.75, 3.05) is 0 Å². The Morgan fingerprint density at radius 3 is 0.862 bits per heavy atom. The van der Waals surface area contributed by atoms with E-state index < -0.39 is 26.8 Å². The van der Waals surface area contributed by atoms with Crippen LogP contribution in [0.15, 0.2) is 206 Å². The molecule has 0 fully saturated rings. The fourth-order valence-electron chi connectivity index (χ4n) is 9.76. The van der Waals surface area contributed by atoms with Crippen molar-refractivity contribution < 1.29 is 20.9 Å². The number of fused-ring (bicyclic) bond motifs is 2. The van der Waals surface area contributed by atoms with E-state index in [9.17, 15) is 0 Å². The van der Waals surface area contributed by atoms with Crippen molar-refractivity contribution in [1.82, 2.24) is 0 Å². The fourth-order valence-corrected chi connectivity index (χ4v) is 32.0. The van der Waals surface area contributed by atoms with Gasteiger partial charge >= 0.3 is 355 Å². The maximum atomic E-state index is 2.70. The summed E-state index contributed by atoms with van der Waals surface area (Å²) in [7, 11) is 0. The molecule has 2 heteroatoms. The standard InChI is InChI=1S/2C27H19.C2H7Si.Zr/c2*1-4-10-20(11-5-1)23-18-26-24(21-12-6-2-7-13-21)16-17-25(27(26)19-23)22-14-8-3-9-15-22;1-3-2;/h2*1-19H;3H,1-2H3;. The van der Waals surface area contributed by atoms with Gasteiger partial charge in [0.25, 0.3) is 0 Å². The first kappa shape index (κ1) is 36.7. The molecule has 2 atom stereocenters. The molecule has 2 unspecified atom stereocenters. The summed E-state index contributed by atoms with van der Waals surface area (Å²) >= 11 is -2.79. The number of hydrogen-bond acceptors (Lipinski definition) is 0. The zero-order valence-electron chi connectivity index (χ0n) is 33.0. The van der Waals surface area contributed by atoms with Crippen molar-refractivity contribution in [3.05, 3.63) is 240 Å². The van der Waals surface area contributed by atoms with Gasteiger partial charge in [-0.1, -0.05) is 0 Å². The van der Waals surface area contributed by atoms with E-state index in [-0.39, 0.29) is 0 Å². The third-order valence-electron chi connectivity index (χ3n) is 12.3. The minimum absolute atomic E-state index is 0.359. The predicted octanol–water partition coefficient (Wildman–Crippen LogP) is 14.8. The van der Waals surface area contributed by atoms with Gasteiger partial charge in [-0.05, 0) is 0 Å². The van der Waals surface area contributed by atoms with Gasteiger partial charge in [-0.2, -0.15) is 0 Å². The van der Waals surface area contributed by atoms with Crippen molar-refractivity contribution in [2.45, 2.75) is 20.3 Å². The first-order chi connectivity index (χ1) is 28.7. The van der Waals surface area contributed by atoms with Crippen LogP contribution < -0.4 is 0 Å². The van der Waals surface area contributed by atoms with Crippen LogP contribution in [0, 0.1) is 0 Å². The Hall–Kier alpha value is -5.66. The molecule has 2 aliphatic rings. The van der Waals surface area contributed by atoms with Gasteiger partial charge in [0.15, 0.2) is 0 Å². The van der Waals surface area contributed by atoms with E-state index in [1.807, 2.05) is 0 Å². The molecule has 0 saturated heterocycles. The zero-order valence-corrected chi connectivity index (χ0v) is 36.6. The molecule has 0 amide bonds. The van der Waals surface area contributed by atoms with Crippen molar-refractivity contribution >= 4 is 29.2 Å². The zero-order chi connectivity index (χ0) is 39.0. The molecule has 0 nitrogen and oxygen atoms in total. The van der Waals surface area contributed by atoms with Crippen LogP contribution in [0.3, 0.4) is 0 Å². The fraction of sp³-hybridized carbons (Fsp3) is 0.0714. The predicted molar refractivity (Wildman–Crippen MR) is 248 cm³/mol. The third kappa shape index (κ3) is 6.59. The molecule has 277 valence electrons. The first-order valence-corrected chi connectivity index (χ1v) is 30.6. The molecule has 8 aromatic rings. The molecule has 10 rings (SSSR count). The van der Waals surface area contributed by atoms with Gasteiger partial charge < -0.3 is 0 Å². The molecular weight excluding hydrogens is 792 g/mol. The van der Waals surface area contributed by atoms with Crippen molar-refractivity contribution in [3.8, 4) is 44.5 Å². The van der Waals surface area contributed by atoms with E-state index in [0.717, 1.165) is 0 Å². The Balaban J connectivity index is 1.30. The molecule has 0 heterocycles. The van der Waals surface area contributed by atoms with E-state index in [4.69, 9.17) is 0 Å². The molecule has 0 aromatic heterocycles. The normalized spacial score (nSPS) is 15.4. The molecule has 0 spiro atoms. The molecule has 8 aromatic carbocycles. The van der Waals surface area contributed by atoms with Crippen LogP contribution in [-0.2, 0) is 20.9 Å². The van der Waals surface area contributed by atoms with E-state index >= 15 is 0 Å². The Morgan fingerprint density at radius 1 is 0.310 bits per heavy atom. The van der Waals surface area contributed by atoms with Gasteiger partial charge in [0.05, 0.1) is 0 Å². The average molecular weight is 837 g/mol. The van der Waals surface area contributed by atoms with Gasteiger partial charge in [0.2, 0.25) is 0 Å². The Labute approximate surface area is 352 Å². The Morgan fingerprint density at radius 2 is 0.569 bits per heavy atom.